The van der Waals surface area contributed by atoms with Crippen molar-refractivity contribution in [3.63, 3.8) is 0 Å². The number of carbonyl (C=O) groups is 2. The van der Waals surface area contributed by atoms with Crippen molar-refractivity contribution in [1.82, 2.24) is 0 Å². The average molecular weight is 264 g/mol. The van der Waals surface area contributed by atoms with Gasteiger partial charge in [-0.25, -0.2) is 0 Å². The Morgan fingerprint density at radius 3 is 0.615 bits per heavy atom. The Morgan fingerprint density at radius 1 is 0.538 bits per heavy atom. The van der Waals surface area contributed by atoms with E-state index in [1.165, 1.54) is 0 Å². The van der Waals surface area contributed by atoms with Gasteiger partial charge in [0.15, 0.2) is 0 Å². The van der Waals surface area contributed by atoms with Crippen LogP contribution in [0.1, 0.15) is 0 Å². The first-order valence-corrected chi connectivity index (χ1v) is 2.88. The van der Waals surface area contributed by atoms with Gasteiger partial charge < -0.3 is 9.59 Å². The molecule has 0 saturated heterocycles. The molecule has 3 heteroatoms. The second-order valence-corrected chi connectivity index (χ2v) is 0.943. The zero-order valence-electron chi connectivity index (χ0n) is 7.78. The Morgan fingerprint density at radius 2 is 0.615 bits per heavy atom. The molecule has 0 aliphatic rings. The van der Waals surface area contributed by atoms with E-state index in [0.29, 0.717) is 0 Å². The van der Waals surface area contributed by atoms with Crippen molar-refractivity contribution in [2.75, 3.05) is 0 Å². The fourth-order valence-corrected chi connectivity index (χ4v) is 0. The van der Waals surface area contributed by atoms with Gasteiger partial charge in [-0.05, 0) is 0 Å². The smallest absolute Gasteiger partial charge is 0.106 e. The third kappa shape index (κ3) is 909. The molecule has 0 bridgehead atoms. The molecule has 0 unspecified atom stereocenters. The zero-order valence-corrected chi connectivity index (χ0v) is 9.78. The summed E-state index contributed by atoms with van der Waals surface area (Å²) in [5.74, 6) is 0. The summed E-state index contributed by atoms with van der Waals surface area (Å²) in [4.78, 5) is 16.0. The van der Waals surface area contributed by atoms with Crippen molar-refractivity contribution in [2.24, 2.45) is 0 Å². The quantitative estimate of drug-likeness (QED) is 0.566. The fraction of sp³-hybridized carbons (Fsp3) is 0. The van der Waals surface area contributed by atoms with Gasteiger partial charge >= 0.3 is 0 Å². The van der Waals surface area contributed by atoms with Crippen LogP contribution < -0.4 is 0 Å². The van der Waals surface area contributed by atoms with Crippen LogP contribution in [0.3, 0.4) is 0 Å². The van der Waals surface area contributed by atoms with E-state index in [1.807, 2.05) is 13.6 Å². The molecule has 0 aromatic heterocycles. The predicted octanol–water partition coefficient (Wildman–Crippen LogP) is 2.34. The number of allylic oxidation sites excluding steroid dienone is 4. The molecule has 0 spiro atoms. The van der Waals surface area contributed by atoms with E-state index < -0.39 is 0 Å². The van der Waals surface area contributed by atoms with Crippen LogP contribution in [-0.4, -0.2) is 13.6 Å². The molecule has 0 atom stereocenters. The Hall–Kier alpha value is -1.01. The number of hydrogen-bond donors (Lipinski definition) is 0. The van der Waals surface area contributed by atoms with Crippen molar-refractivity contribution in [3.8, 4) is 0 Å². The van der Waals surface area contributed by atoms with Gasteiger partial charge in [0.1, 0.15) is 13.6 Å². The monoisotopic (exact) mass is 266 g/mol. The van der Waals surface area contributed by atoms with Crippen LogP contribution in [0.5, 0.6) is 0 Å². The number of carbonyl (C=O) groups excluding carboxylic acids is 2. The van der Waals surface area contributed by atoms with Gasteiger partial charge in [0.05, 0.1) is 0 Å². The molecule has 0 rings (SSSR count). The predicted molar refractivity (Wildman–Crippen MR) is 55.0 cm³/mol. The SMILES string of the molecule is C=CC=C.C=CC=C.C=O.C=O.[Mo]. The van der Waals surface area contributed by atoms with Gasteiger partial charge in [0, 0.05) is 21.1 Å². The minimum Gasteiger partial charge on any atom is -0.307 e. The molecule has 13 heavy (non-hydrogen) atoms. The molecular weight excluding hydrogens is 248 g/mol. The molecular formula is C10H16MoO2. The molecule has 0 radical (unpaired) electrons. The average Bonchev–Trinajstić information content (AvgIpc) is 2.23. The maximum Gasteiger partial charge on any atom is 0.106 e. The van der Waals surface area contributed by atoms with Crippen LogP contribution in [0.4, 0.5) is 0 Å². The van der Waals surface area contributed by atoms with Gasteiger partial charge in [0.25, 0.3) is 0 Å². The standard InChI is InChI=1S/2C4H6.2CH2O.Mo/c2*1-3-4-2;2*1-2;/h2*3-4H,1-2H2;2*1H2;. The largest absolute Gasteiger partial charge is 0.307 e. The van der Waals surface area contributed by atoms with Crippen molar-refractivity contribution in [1.29, 1.82) is 0 Å². The normalized spacial score (nSPS) is 3.69. The first-order chi connectivity index (χ1) is 5.83. The van der Waals surface area contributed by atoms with E-state index in [9.17, 15) is 0 Å². The summed E-state index contributed by atoms with van der Waals surface area (Å²) in [5, 5.41) is 0. The van der Waals surface area contributed by atoms with E-state index in [4.69, 9.17) is 9.59 Å². The molecule has 0 amide bonds. The Balaban J connectivity index is -0.0000000226. The van der Waals surface area contributed by atoms with Crippen molar-refractivity contribution in [3.05, 3.63) is 50.6 Å². The maximum absolute atomic E-state index is 8.00. The molecule has 2 nitrogen and oxygen atoms in total. The Bertz CT molecular complexity index is 85.5. The summed E-state index contributed by atoms with van der Waals surface area (Å²) in [6, 6.07) is 0. The van der Waals surface area contributed by atoms with Crippen LogP contribution in [0, 0.1) is 0 Å². The van der Waals surface area contributed by atoms with Crippen molar-refractivity contribution in [2.45, 2.75) is 0 Å². The van der Waals surface area contributed by atoms with Crippen LogP contribution in [0.15, 0.2) is 50.6 Å². The second-order valence-electron chi connectivity index (χ2n) is 0.943. The molecule has 0 heterocycles. The van der Waals surface area contributed by atoms with E-state index in [1.54, 1.807) is 24.3 Å². The van der Waals surface area contributed by atoms with Crippen molar-refractivity contribution < 1.29 is 30.7 Å². The summed E-state index contributed by atoms with van der Waals surface area (Å²) >= 11 is 0. The molecule has 0 aliphatic carbocycles. The van der Waals surface area contributed by atoms with Crippen LogP contribution in [0.25, 0.3) is 0 Å². The van der Waals surface area contributed by atoms with Crippen LogP contribution >= 0.6 is 0 Å². The Labute approximate surface area is 95.0 Å². The third-order valence-electron chi connectivity index (χ3n) is 0.333. The van der Waals surface area contributed by atoms with Crippen LogP contribution in [-0.2, 0) is 30.7 Å². The zero-order chi connectivity index (χ0) is 10.8. The minimum atomic E-state index is 0. The van der Waals surface area contributed by atoms with Gasteiger partial charge in [-0.3, -0.25) is 0 Å². The van der Waals surface area contributed by atoms with E-state index in [-0.39, 0.29) is 21.1 Å². The Kier molecular flexibility index (Phi) is 280. The molecule has 0 fully saturated rings. The van der Waals surface area contributed by atoms with Gasteiger partial charge in [-0.2, -0.15) is 0 Å². The molecule has 0 saturated carbocycles. The van der Waals surface area contributed by atoms with Gasteiger partial charge in [-0.15, -0.1) is 0 Å². The molecule has 0 aromatic carbocycles. The summed E-state index contributed by atoms with van der Waals surface area (Å²) in [7, 11) is 0. The van der Waals surface area contributed by atoms with Gasteiger partial charge in [-0.1, -0.05) is 50.6 Å². The first kappa shape index (κ1) is 29.6. The topological polar surface area (TPSA) is 34.1 Å². The van der Waals surface area contributed by atoms with E-state index in [2.05, 4.69) is 26.3 Å². The summed E-state index contributed by atoms with van der Waals surface area (Å²) in [6.45, 7) is 17.4. The molecule has 0 aromatic rings. The summed E-state index contributed by atoms with van der Waals surface area (Å²) in [6.07, 6.45) is 6.56. The summed E-state index contributed by atoms with van der Waals surface area (Å²) < 4.78 is 0. The molecule has 0 aliphatic heterocycles. The second kappa shape index (κ2) is 123. The molecule has 74 valence electrons. The maximum atomic E-state index is 8.00. The number of hydrogen-bond acceptors (Lipinski definition) is 2. The molecule has 0 N–H and O–H groups in total. The number of rotatable bonds is 2. The van der Waals surface area contributed by atoms with Gasteiger partial charge in [0.2, 0.25) is 0 Å². The minimum absolute atomic E-state index is 0. The first-order valence-electron chi connectivity index (χ1n) is 2.88. The third-order valence-corrected chi connectivity index (χ3v) is 0.333. The van der Waals surface area contributed by atoms with Crippen LogP contribution in [0.2, 0.25) is 0 Å². The van der Waals surface area contributed by atoms with Crippen molar-refractivity contribution >= 4 is 13.6 Å². The van der Waals surface area contributed by atoms with E-state index >= 15 is 0 Å². The van der Waals surface area contributed by atoms with E-state index in [0.717, 1.165) is 0 Å². The fourth-order valence-electron chi connectivity index (χ4n) is 0. The summed E-state index contributed by atoms with van der Waals surface area (Å²) in [5.41, 5.74) is 0.